The van der Waals surface area contributed by atoms with E-state index in [1.807, 2.05) is 36.5 Å². The smallest absolute Gasteiger partial charge is 0.192 e. The Balaban J connectivity index is 1.59. The molecule has 24 heavy (non-hydrogen) atoms. The first kappa shape index (κ1) is 15.9. The van der Waals surface area contributed by atoms with Gasteiger partial charge in [0, 0.05) is 29.8 Å². The minimum Gasteiger partial charge on any atom is -0.299 e. The van der Waals surface area contributed by atoms with Crippen molar-refractivity contribution in [1.82, 2.24) is 19.7 Å². The van der Waals surface area contributed by atoms with E-state index in [9.17, 15) is 0 Å². The van der Waals surface area contributed by atoms with Gasteiger partial charge in [0.2, 0.25) is 0 Å². The largest absolute Gasteiger partial charge is 0.299 e. The summed E-state index contributed by atoms with van der Waals surface area (Å²) in [5.41, 5.74) is 2.11. The van der Waals surface area contributed by atoms with Crippen molar-refractivity contribution in [3.63, 3.8) is 0 Å². The van der Waals surface area contributed by atoms with E-state index in [4.69, 9.17) is 23.2 Å². The number of nitrogens with zero attached hydrogens (tertiary/aromatic N) is 4. The predicted molar refractivity (Wildman–Crippen MR) is 97.5 cm³/mol. The third-order valence-corrected chi connectivity index (χ3v) is 5.60. The van der Waals surface area contributed by atoms with Crippen LogP contribution in [0.25, 0.3) is 11.4 Å². The van der Waals surface area contributed by atoms with Gasteiger partial charge in [-0.2, -0.15) is 0 Å². The summed E-state index contributed by atoms with van der Waals surface area (Å²) in [5, 5.41) is 10.9. The number of thioether (sulfide) groups is 1. The minimum atomic E-state index is 0.492. The lowest BCUT2D eigenvalue weighted by Gasteiger charge is -2.09. The lowest BCUT2D eigenvalue weighted by atomic mass is 10.2. The molecule has 1 saturated carbocycles. The molecule has 0 amide bonds. The number of benzene rings is 1. The zero-order chi connectivity index (χ0) is 16.5. The van der Waals surface area contributed by atoms with Gasteiger partial charge in [-0.1, -0.05) is 41.0 Å². The van der Waals surface area contributed by atoms with Gasteiger partial charge in [0.1, 0.15) is 0 Å². The summed E-state index contributed by atoms with van der Waals surface area (Å²) in [6.45, 7) is 0. The molecule has 4 nitrogen and oxygen atoms in total. The predicted octanol–water partition coefficient (Wildman–Crippen LogP) is 5.27. The van der Waals surface area contributed by atoms with Crippen molar-refractivity contribution in [2.45, 2.75) is 29.8 Å². The van der Waals surface area contributed by atoms with E-state index in [-0.39, 0.29) is 0 Å². The first-order valence-corrected chi connectivity index (χ1v) is 9.38. The van der Waals surface area contributed by atoms with Crippen molar-refractivity contribution in [3.8, 4) is 11.4 Å². The van der Waals surface area contributed by atoms with Gasteiger partial charge in [0.25, 0.3) is 0 Å². The highest BCUT2D eigenvalue weighted by Gasteiger charge is 2.30. The molecule has 1 fully saturated rings. The molecule has 4 rings (SSSR count). The van der Waals surface area contributed by atoms with Crippen molar-refractivity contribution in [1.29, 1.82) is 0 Å². The number of rotatable bonds is 5. The molecule has 0 aliphatic heterocycles. The van der Waals surface area contributed by atoms with Gasteiger partial charge in [0.05, 0.1) is 10.0 Å². The van der Waals surface area contributed by atoms with Gasteiger partial charge in [-0.25, -0.2) is 0 Å². The van der Waals surface area contributed by atoms with Gasteiger partial charge in [-0.15, -0.1) is 10.2 Å². The number of hydrogen-bond acceptors (Lipinski definition) is 4. The molecule has 0 unspecified atom stereocenters. The van der Waals surface area contributed by atoms with Crippen LogP contribution in [0.15, 0.2) is 47.9 Å². The Kier molecular flexibility index (Phi) is 4.48. The van der Waals surface area contributed by atoms with E-state index in [0.29, 0.717) is 16.1 Å². The Labute approximate surface area is 154 Å². The molecule has 2 aromatic heterocycles. The van der Waals surface area contributed by atoms with Gasteiger partial charge >= 0.3 is 0 Å². The molecule has 3 aromatic rings. The van der Waals surface area contributed by atoms with Crippen molar-refractivity contribution < 1.29 is 0 Å². The molecule has 122 valence electrons. The fourth-order valence-electron chi connectivity index (χ4n) is 2.51. The molecular weight excluding hydrogens is 363 g/mol. The molecule has 0 atom stereocenters. The zero-order valence-electron chi connectivity index (χ0n) is 12.7. The maximum absolute atomic E-state index is 6.09. The molecular formula is C17H14Cl2N4S. The molecule has 0 bridgehead atoms. The molecule has 0 N–H and O–H groups in total. The van der Waals surface area contributed by atoms with E-state index in [0.717, 1.165) is 27.9 Å². The standard InChI is InChI=1S/C17H14Cl2N4S/c18-14-6-3-11(8-15(14)19)10-24-17-22-21-16(23(17)13-4-5-13)12-2-1-7-20-9-12/h1-3,6-9,13H,4-5,10H2. The van der Waals surface area contributed by atoms with E-state index < -0.39 is 0 Å². The molecule has 0 saturated heterocycles. The number of pyridine rings is 1. The van der Waals surface area contributed by atoms with Crippen molar-refractivity contribution in [2.24, 2.45) is 0 Å². The van der Waals surface area contributed by atoms with Crippen molar-refractivity contribution >= 4 is 35.0 Å². The van der Waals surface area contributed by atoms with Crippen LogP contribution < -0.4 is 0 Å². The SMILES string of the molecule is Clc1ccc(CSc2nnc(-c3cccnc3)n2C2CC2)cc1Cl. The normalized spacial score (nSPS) is 14.1. The number of halogens is 2. The molecule has 0 spiro atoms. The minimum absolute atomic E-state index is 0.492. The quantitative estimate of drug-likeness (QED) is 0.568. The van der Waals surface area contributed by atoms with Crippen LogP contribution in [0.5, 0.6) is 0 Å². The molecule has 2 heterocycles. The average Bonchev–Trinajstić information content (AvgIpc) is 3.36. The van der Waals surface area contributed by atoms with Gasteiger partial charge in [0.15, 0.2) is 11.0 Å². The Hall–Kier alpha value is -1.56. The summed E-state index contributed by atoms with van der Waals surface area (Å²) in [6, 6.07) is 10.1. The van der Waals surface area contributed by atoms with Crippen LogP contribution in [0.2, 0.25) is 10.0 Å². The Morgan fingerprint density at radius 1 is 1.12 bits per heavy atom. The summed E-state index contributed by atoms with van der Waals surface area (Å²) in [4.78, 5) is 4.19. The van der Waals surface area contributed by atoms with E-state index in [2.05, 4.69) is 19.7 Å². The summed E-state index contributed by atoms with van der Waals surface area (Å²) in [5.74, 6) is 1.66. The van der Waals surface area contributed by atoms with E-state index >= 15 is 0 Å². The van der Waals surface area contributed by atoms with Crippen LogP contribution in [0.1, 0.15) is 24.4 Å². The molecule has 1 aliphatic rings. The van der Waals surface area contributed by atoms with Crippen LogP contribution in [0.4, 0.5) is 0 Å². The van der Waals surface area contributed by atoms with Crippen molar-refractivity contribution in [2.75, 3.05) is 0 Å². The molecule has 0 radical (unpaired) electrons. The lowest BCUT2D eigenvalue weighted by molar-refractivity contribution is 0.669. The number of hydrogen-bond donors (Lipinski definition) is 0. The van der Waals surface area contributed by atoms with E-state index in [1.165, 1.54) is 12.8 Å². The Morgan fingerprint density at radius 3 is 2.71 bits per heavy atom. The van der Waals surface area contributed by atoms with E-state index in [1.54, 1.807) is 18.0 Å². The summed E-state index contributed by atoms with van der Waals surface area (Å²) < 4.78 is 2.24. The Bertz CT molecular complexity index is 862. The highest BCUT2D eigenvalue weighted by atomic mass is 35.5. The first-order valence-electron chi connectivity index (χ1n) is 7.64. The fraction of sp³-hybridized carbons (Fsp3) is 0.235. The lowest BCUT2D eigenvalue weighted by Crippen LogP contribution is -2.00. The number of aromatic nitrogens is 4. The highest BCUT2D eigenvalue weighted by Crippen LogP contribution is 2.41. The van der Waals surface area contributed by atoms with Gasteiger partial charge in [-0.3, -0.25) is 9.55 Å². The third kappa shape index (κ3) is 3.29. The third-order valence-electron chi connectivity index (χ3n) is 3.85. The molecule has 7 heteroatoms. The summed E-state index contributed by atoms with van der Waals surface area (Å²) in [6.07, 6.45) is 5.94. The van der Waals surface area contributed by atoms with Crippen LogP contribution in [0, 0.1) is 0 Å². The summed E-state index contributed by atoms with van der Waals surface area (Å²) in [7, 11) is 0. The monoisotopic (exact) mass is 376 g/mol. The van der Waals surface area contributed by atoms with Crippen LogP contribution in [-0.2, 0) is 5.75 Å². The second kappa shape index (κ2) is 6.75. The highest BCUT2D eigenvalue weighted by molar-refractivity contribution is 7.98. The van der Waals surface area contributed by atoms with Crippen LogP contribution in [-0.4, -0.2) is 19.7 Å². The second-order valence-electron chi connectivity index (χ2n) is 5.69. The van der Waals surface area contributed by atoms with Crippen LogP contribution in [0.3, 0.4) is 0 Å². The molecule has 1 aliphatic carbocycles. The summed E-state index contributed by atoms with van der Waals surface area (Å²) >= 11 is 13.7. The average molecular weight is 377 g/mol. The van der Waals surface area contributed by atoms with Gasteiger partial charge < -0.3 is 0 Å². The zero-order valence-corrected chi connectivity index (χ0v) is 15.0. The van der Waals surface area contributed by atoms with Crippen LogP contribution >= 0.6 is 35.0 Å². The Morgan fingerprint density at radius 2 is 2.00 bits per heavy atom. The van der Waals surface area contributed by atoms with Crippen molar-refractivity contribution in [3.05, 3.63) is 58.3 Å². The first-order chi connectivity index (χ1) is 11.7. The van der Waals surface area contributed by atoms with Gasteiger partial charge in [-0.05, 0) is 42.7 Å². The maximum Gasteiger partial charge on any atom is 0.192 e. The fourth-order valence-corrected chi connectivity index (χ4v) is 3.78. The topological polar surface area (TPSA) is 43.6 Å². The maximum atomic E-state index is 6.09. The second-order valence-corrected chi connectivity index (χ2v) is 7.44. The molecule has 1 aromatic carbocycles.